The van der Waals surface area contributed by atoms with E-state index in [9.17, 15) is 4.79 Å². The minimum Gasteiger partial charge on any atom is -0.347 e. The van der Waals surface area contributed by atoms with Crippen molar-refractivity contribution in [1.29, 1.82) is 0 Å². The Hall–Kier alpha value is -0.740. The third kappa shape index (κ3) is 1.12. The molecule has 1 aromatic rings. The van der Waals surface area contributed by atoms with E-state index in [2.05, 4.69) is 24.1 Å². The summed E-state index contributed by atoms with van der Waals surface area (Å²) in [5.74, 6) is 0. The summed E-state index contributed by atoms with van der Waals surface area (Å²) in [6, 6.07) is 2.01. The molecule has 0 saturated heterocycles. The van der Waals surface area contributed by atoms with Crippen LogP contribution >= 0.6 is 12.6 Å². The van der Waals surface area contributed by atoms with Crippen LogP contribution in [-0.2, 0) is 12.5 Å². The minimum absolute atomic E-state index is 0.149. The number of rotatable bonds is 3. The van der Waals surface area contributed by atoms with Gasteiger partial charge in [0, 0.05) is 24.2 Å². The van der Waals surface area contributed by atoms with Crippen LogP contribution < -0.4 is 5.32 Å². The van der Waals surface area contributed by atoms with Crippen molar-refractivity contribution >= 4 is 17.7 Å². The van der Waals surface area contributed by atoms with Crippen LogP contribution in [0.4, 0.5) is 0 Å². The minimum atomic E-state index is -0.149. The van der Waals surface area contributed by atoms with E-state index in [0.29, 0.717) is 16.6 Å². The average molecular weight is 236 g/mol. The Balaban J connectivity index is 1.88. The number of thiol groups is 1. The summed E-state index contributed by atoms with van der Waals surface area (Å²) in [6.45, 7) is 0. The zero-order valence-electron chi connectivity index (χ0n) is 9.58. The highest BCUT2D eigenvalue weighted by molar-refractivity contribution is 7.97. The molecule has 0 radical (unpaired) electrons. The molecule has 86 valence electrons. The lowest BCUT2D eigenvalue weighted by Crippen LogP contribution is -2.75. The predicted molar refractivity (Wildman–Crippen MR) is 66.0 cm³/mol. The Morgan fingerprint density at radius 2 is 2.12 bits per heavy atom. The van der Waals surface area contributed by atoms with Crippen molar-refractivity contribution in [2.24, 2.45) is 7.05 Å². The second kappa shape index (κ2) is 2.93. The molecule has 1 heterocycles. The first kappa shape index (κ1) is 10.4. The normalized spacial score (nSPS) is 35.4. The first-order chi connectivity index (χ1) is 7.50. The Kier molecular flexibility index (Phi) is 1.91. The van der Waals surface area contributed by atoms with Gasteiger partial charge in [-0.15, -0.1) is 0 Å². The second-order valence-electron chi connectivity index (χ2n) is 5.37. The van der Waals surface area contributed by atoms with Gasteiger partial charge in [0.2, 0.25) is 5.12 Å². The molecule has 16 heavy (non-hydrogen) atoms. The number of carbonyl (C=O) groups is 1. The van der Waals surface area contributed by atoms with E-state index in [-0.39, 0.29) is 5.12 Å². The molecule has 0 aliphatic heterocycles. The van der Waals surface area contributed by atoms with Gasteiger partial charge in [-0.05, 0) is 37.9 Å². The van der Waals surface area contributed by atoms with Gasteiger partial charge in [-0.25, -0.2) is 0 Å². The molecule has 0 aromatic carbocycles. The van der Waals surface area contributed by atoms with E-state index in [4.69, 9.17) is 0 Å². The van der Waals surface area contributed by atoms with E-state index < -0.39 is 0 Å². The molecule has 3 saturated carbocycles. The lowest BCUT2D eigenvalue weighted by Gasteiger charge is -2.70. The van der Waals surface area contributed by atoms with Crippen LogP contribution in [0.1, 0.15) is 35.3 Å². The molecule has 0 spiro atoms. The highest BCUT2D eigenvalue weighted by Gasteiger charge is 2.67. The van der Waals surface area contributed by atoms with Gasteiger partial charge in [-0.1, -0.05) is 12.6 Å². The van der Waals surface area contributed by atoms with Crippen molar-refractivity contribution in [3.8, 4) is 0 Å². The van der Waals surface area contributed by atoms with E-state index in [1.165, 1.54) is 24.8 Å². The zero-order chi connectivity index (χ0) is 11.6. The number of hydrogen-bond acceptors (Lipinski definition) is 2. The molecular formula is C12H16N2OS. The summed E-state index contributed by atoms with van der Waals surface area (Å²) < 4.78 is 1.89. The average Bonchev–Trinajstić information content (AvgIpc) is 2.44. The Bertz CT molecular complexity index is 458. The lowest BCUT2D eigenvalue weighted by atomic mass is 9.38. The highest BCUT2D eigenvalue weighted by Crippen LogP contribution is 2.67. The molecule has 3 aliphatic carbocycles. The number of nitrogens with zero attached hydrogens (tertiary/aromatic N) is 1. The zero-order valence-corrected chi connectivity index (χ0v) is 10.5. The fourth-order valence-corrected chi connectivity index (χ4v) is 3.65. The quantitative estimate of drug-likeness (QED) is 0.780. The summed E-state index contributed by atoms with van der Waals surface area (Å²) in [4.78, 5) is 11.3. The fourth-order valence-electron chi connectivity index (χ4n) is 3.43. The van der Waals surface area contributed by atoms with Crippen LogP contribution in [0.15, 0.2) is 12.3 Å². The Morgan fingerprint density at radius 3 is 2.56 bits per heavy atom. The van der Waals surface area contributed by atoms with Crippen LogP contribution in [0.2, 0.25) is 0 Å². The van der Waals surface area contributed by atoms with Crippen molar-refractivity contribution in [2.45, 2.75) is 30.2 Å². The van der Waals surface area contributed by atoms with Gasteiger partial charge >= 0.3 is 0 Å². The molecule has 0 amide bonds. The number of carbonyl (C=O) groups excluding carboxylic acids is 1. The van der Waals surface area contributed by atoms with E-state index in [1.54, 1.807) is 0 Å². The van der Waals surface area contributed by atoms with Gasteiger partial charge in [0.25, 0.3) is 0 Å². The molecule has 2 bridgehead atoms. The van der Waals surface area contributed by atoms with Gasteiger partial charge in [0.1, 0.15) is 0 Å². The van der Waals surface area contributed by atoms with Gasteiger partial charge in [0.15, 0.2) is 0 Å². The number of hydrogen-bond donors (Lipinski definition) is 2. The van der Waals surface area contributed by atoms with Crippen LogP contribution in [-0.4, -0.2) is 22.3 Å². The van der Waals surface area contributed by atoms with Crippen molar-refractivity contribution in [1.82, 2.24) is 9.88 Å². The predicted octanol–water partition coefficient (Wildman–Crippen LogP) is 1.49. The topological polar surface area (TPSA) is 34.0 Å². The molecule has 4 rings (SSSR count). The number of aryl methyl sites for hydroxylation is 1. The standard InChI is InChI=1S/C12H16N2OS/c1-13-12-5-11(6-12,7-12)8-3-9(10(15)16)14(2)4-8/h3-4,13H,5-7H2,1-2H3,(H,15,16). The molecule has 3 nitrogen and oxygen atoms in total. The second-order valence-corrected chi connectivity index (χ2v) is 5.78. The van der Waals surface area contributed by atoms with Crippen LogP contribution in [0, 0.1) is 0 Å². The maximum absolute atomic E-state index is 11.3. The first-order valence-electron chi connectivity index (χ1n) is 5.59. The maximum Gasteiger partial charge on any atom is 0.232 e. The largest absolute Gasteiger partial charge is 0.347 e. The number of aromatic nitrogens is 1. The fraction of sp³-hybridized carbons (Fsp3) is 0.583. The summed E-state index contributed by atoms with van der Waals surface area (Å²) >= 11 is 3.89. The van der Waals surface area contributed by atoms with Crippen LogP contribution in [0.3, 0.4) is 0 Å². The molecule has 3 fully saturated rings. The maximum atomic E-state index is 11.3. The monoisotopic (exact) mass is 236 g/mol. The first-order valence-corrected chi connectivity index (χ1v) is 6.04. The molecule has 1 aromatic heterocycles. The van der Waals surface area contributed by atoms with E-state index in [1.807, 2.05) is 24.7 Å². The van der Waals surface area contributed by atoms with E-state index in [0.717, 1.165) is 0 Å². The SMILES string of the molecule is CNC12CC(c3cc(C(=O)S)n(C)c3)(C1)C2. The summed E-state index contributed by atoms with van der Waals surface area (Å²) in [7, 11) is 3.95. The van der Waals surface area contributed by atoms with Crippen LogP contribution in [0.5, 0.6) is 0 Å². The van der Waals surface area contributed by atoms with Crippen molar-refractivity contribution in [3.63, 3.8) is 0 Å². The molecule has 0 atom stereocenters. The van der Waals surface area contributed by atoms with Gasteiger partial charge in [-0.3, -0.25) is 4.79 Å². The lowest BCUT2D eigenvalue weighted by molar-refractivity contribution is -0.0831. The van der Waals surface area contributed by atoms with Gasteiger partial charge in [-0.2, -0.15) is 0 Å². The molecule has 0 unspecified atom stereocenters. The van der Waals surface area contributed by atoms with Crippen LogP contribution in [0.25, 0.3) is 0 Å². The van der Waals surface area contributed by atoms with E-state index >= 15 is 0 Å². The molecule has 3 aliphatic rings. The Morgan fingerprint density at radius 1 is 1.50 bits per heavy atom. The summed E-state index contributed by atoms with van der Waals surface area (Å²) in [5.41, 5.74) is 2.76. The Labute approximate surface area is 101 Å². The third-order valence-electron chi connectivity index (χ3n) is 4.40. The number of nitrogens with one attached hydrogen (secondary N) is 1. The highest BCUT2D eigenvalue weighted by atomic mass is 32.1. The summed E-state index contributed by atoms with van der Waals surface area (Å²) in [5, 5.41) is 3.24. The molecule has 1 N–H and O–H groups in total. The third-order valence-corrected chi connectivity index (χ3v) is 4.63. The smallest absolute Gasteiger partial charge is 0.232 e. The summed E-state index contributed by atoms with van der Waals surface area (Å²) in [6.07, 6.45) is 5.71. The molecular weight excluding hydrogens is 220 g/mol. The van der Waals surface area contributed by atoms with Gasteiger partial charge in [0.05, 0.1) is 5.69 Å². The van der Waals surface area contributed by atoms with Gasteiger partial charge < -0.3 is 9.88 Å². The molecule has 4 heteroatoms. The van der Waals surface area contributed by atoms with Crippen molar-refractivity contribution in [2.75, 3.05) is 7.05 Å². The van der Waals surface area contributed by atoms with Crippen molar-refractivity contribution in [3.05, 3.63) is 23.5 Å². The van der Waals surface area contributed by atoms with Crippen molar-refractivity contribution < 1.29 is 4.79 Å².